The quantitative estimate of drug-likeness (QED) is 0.734. The van der Waals surface area contributed by atoms with Crippen molar-refractivity contribution in [2.45, 2.75) is 30.2 Å². The highest BCUT2D eigenvalue weighted by Crippen LogP contribution is 2.21. The van der Waals surface area contributed by atoms with Gasteiger partial charge in [-0.25, -0.2) is 13.1 Å². The molecule has 134 valence electrons. The highest BCUT2D eigenvalue weighted by atomic mass is 32.2. The lowest BCUT2D eigenvalue weighted by molar-refractivity contribution is 0.102. The molecule has 0 aliphatic carbocycles. The molecule has 1 aliphatic heterocycles. The molecule has 2 aromatic rings. The standard InChI is InChI=1S/C15H18N4O4S2/c1-10-4-6-11(7-5-10)13(20)17-14-18-19-15(24-14)25(21,22)16-9-12-3-2-8-23-12/h4-7,12,16H,2-3,8-9H2,1H3,(H,17,18,20)/t12-/m1/s1. The van der Waals surface area contributed by atoms with Crippen molar-refractivity contribution >= 4 is 32.4 Å². The maximum atomic E-state index is 12.2. The van der Waals surface area contributed by atoms with Gasteiger partial charge in [0, 0.05) is 18.7 Å². The molecule has 0 unspecified atom stereocenters. The molecule has 1 aromatic carbocycles. The molecule has 1 fully saturated rings. The Morgan fingerprint density at radius 1 is 1.32 bits per heavy atom. The van der Waals surface area contributed by atoms with E-state index < -0.39 is 10.0 Å². The van der Waals surface area contributed by atoms with Crippen LogP contribution in [0, 0.1) is 6.92 Å². The Balaban J connectivity index is 1.62. The summed E-state index contributed by atoms with van der Waals surface area (Å²) in [7, 11) is -3.77. The van der Waals surface area contributed by atoms with Crippen LogP contribution >= 0.6 is 11.3 Å². The number of aromatic nitrogens is 2. The van der Waals surface area contributed by atoms with E-state index >= 15 is 0 Å². The van der Waals surface area contributed by atoms with E-state index in [4.69, 9.17) is 4.74 Å². The minimum atomic E-state index is -3.77. The minimum absolute atomic E-state index is 0.108. The number of benzene rings is 1. The average molecular weight is 382 g/mol. The highest BCUT2D eigenvalue weighted by Gasteiger charge is 2.24. The Morgan fingerprint density at radius 2 is 2.08 bits per heavy atom. The lowest BCUT2D eigenvalue weighted by atomic mass is 10.1. The fraction of sp³-hybridized carbons (Fsp3) is 0.400. The van der Waals surface area contributed by atoms with Crippen LogP contribution < -0.4 is 10.0 Å². The first-order chi connectivity index (χ1) is 11.9. The number of ether oxygens (including phenoxy) is 1. The third kappa shape index (κ3) is 4.60. The number of hydrogen-bond acceptors (Lipinski definition) is 7. The lowest BCUT2D eigenvalue weighted by Crippen LogP contribution is -2.31. The monoisotopic (exact) mass is 382 g/mol. The molecule has 1 saturated heterocycles. The zero-order valence-corrected chi connectivity index (χ0v) is 15.2. The normalized spacial score (nSPS) is 17.6. The van der Waals surface area contributed by atoms with Gasteiger partial charge in [0.05, 0.1) is 6.10 Å². The van der Waals surface area contributed by atoms with E-state index in [0.717, 1.165) is 29.7 Å². The van der Waals surface area contributed by atoms with Crippen LogP contribution in [0.2, 0.25) is 0 Å². The third-order valence-electron chi connectivity index (χ3n) is 3.70. The average Bonchev–Trinajstić information content (AvgIpc) is 3.25. The number of sulfonamides is 1. The number of nitrogens with zero attached hydrogens (tertiary/aromatic N) is 2. The molecule has 1 aliphatic rings. The van der Waals surface area contributed by atoms with E-state index in [9.17, 15) is 13.2 Å². The summed E-state index contributed by atoms with van der Waals surface area (Å²) in [6, 6.07) is 7.01. The molecule has 3 rings (SSSR count). The molecule has 0 radical (unpaired) electrons. The Morgan fingerprint density at radius 3 is 2.76 bits per heavy atom. The molecular weight excluding hydrogens is 364 g/mol. The first-order valence-corrected chi connectivity index (χ1v) is 10.1. The number of nitrogens with one attached hydrogen (secondary N) is 2. The van der Waals surface area contributed by atoms with Crippen LogP contribution in [0.1, 0.15) is 28.8 Å². The summed E-state index contributed by atoms with van der Waals surface area (Å²) in [5, 5.41) is 10.1. The van der Waals surface area contributed by atoms with Crippen molar-refractivity contribution in [1.29, 1.82) is 0 Å². The molecule has 8 nitrogen and oxygen atoms in total. The maximum absolute atomic E-state index is 12.2. The maximum Gasteiger partial charge on any atom is 0.269 e. The van der Waals surface area contributed by atoms with Crippen molar-refractivity contribution in [2.24, 2.45) is 0 Å². The number of aryl methyl sites for hydroxylation is 1. The van der Waals surface area contributed by atoms with Gasteiger partial charge < -0.3 is 4.74 Å². The van der Waals surface area contributed by atoms with Gasteiger partial charge in [-0.3, -0.25) is 10.1 Å². The second-order valence-corrected chi connectivity index (χ2v) is 8.60. The van der Waals surface area contributed by atoms with E-state index in [1.807, 2.05) is 19.1 Å². The number of amides is 1. The van der Waals surface area contributed by atoms with Crippen LogP contribution in [-0.4, -0.2) is 43.8 Å². The van der Waals surface area contributed by atoms with E-state index in [1.165, 1.54) is 0 Å². The van der Waals surface area contributed by atoms with Gasteiger partial charge in [0.25, 0.3) is 15.9 Å². The Bertz CT molecular complexity index is 843. The van der Waals surface area contributed by atoms with Gasteiger partial charge in [-0.1, -0.05) is 29.0 Å². The van der Waals surface area contributed by atoms with Crippen LogP contribution in [0.15, 0.2) is 28.6 Å². The van der Waals surface area contributed by atoms with E-state index in [0.29, 0.717) is 12.2 Å². The molecule has 0 saturated carbocycles. The van der Waals surface area contributed by atoms with Crippen LogP contribution in [0.4, 0.5) is 5.13 Å². The summed E-state index contributed by atoms with van der Waals surface area (Å²) in [6.45, 7) is 2.78. The molecule has 0 bridgehead atoms. The summed E-state index contributed by atoms with van der Waals surface area (Å²) in [5.74, 6) is -0.368. The van der Waals surface area contributed by atoms with Crippen molar-refractivity contribution in [1.82, 2.24) is 14.9 Å². The topological polar surface area (TPSA) is 110 Å². The molecule has 2 N–H and O–H groups in total. The van der Waals surface area contributed by atoms with Crippen molar-refractivity contribution in [2.75, 3.05) is 18.5 Å². The summed E-state index contributed by atoms with van der Waals surface area (Å²) < 4.78 is 32.1. The molecule has 1 aromatic heterocycles. The van der Waals surface area contributed by atoms with Crippen molar-refractivity contribution in [3.63, 3.8) is 0 Å². The number of rotatable bonds is 6. The van der Waals surface area contributed by atoms with Gasteiger partial charge in [-0.15, -0.1) is 10.2 Å². The fourth-order valence-corrected chi connectivity index (χ4v) is 4.31. The van der Waals surface area contributed by atoms with E-state index in [-0.39, 0.29) is 28.0 Å². The zero-order chi connectivity index (χ0) is 17.9. The Labute approximate surface area is 149 Å². The van der Waals surface area contributed by atoms with Gasteiger partial charge in [0.2, 0.25) is 9.47 Å². The van der Waals surface area contributed by atoms with Crippen molar-refractivity contribution < 1.29 is 17.9 Å². The van der Waals surface area contributed by atoms with Crippen molar-refractivity contribution in [3.8, 4) is 0 Å². The van der Waals surface area contributed by atoms with Crippen LogP contribution in [0.5, 0.6) is 0 Å². The van der Waals surface area contributed by atoms with Crippen molar-refractivity contribution in [3.05, 3.63) is 35.4 Å². The van der Waals surface area contributed by atoms with Gasteiger partial charge >= 0.3 is 0 Å². The first-order valence-electron chi connectivity index (χ1n) is 7.77. The van der Waals surface area contributed by atoms with Gasteiger partial charge in [0.1, 0.15) is 0 Å². The van der Waals surface area contributed by atoms with E-state index in [2.05, 4.69) is 20.2 Å². The molecule has 1 atom stereocenters. The predicted octanol–water partition coefficient (Wildman–Crippen LogP) is 1.56. The molecule has 10 heteroatoms. The Hall–Kier alpha value is -1.88. The largest absolute Gasteiger partial charge is 0.377 e. The lowest BCUT2D eigenvalue weighted by Gasteiger charge is -2.09. The first kappa shape index (κ1) is 17.9. The van der Waals surface area contributed by atoms with Crippen LogP contribution in [0.25, 0.3) is 0 Å². The van der Waals surface area contributed by atoms with Gasteiger partial charge in [-0.05, 0) is 31.9 Å². The number of anilines is 1. The number of carbonyl (C=O) groups is 1. The predicted molar refractivity (Wildman–Crippen MR) is 93.2 cm³/mol. The number of hydrogen-bond donors (Lipinski definition) is 2. The summed E-state index contributed by atoms with van der Waals surface area (Å²) in [4.78, 5) is 12.1. The highest BCUT2D eigenvalue weighted by molar-refractivity contribution is 7.91. The molecule has 25 heavy (non-hydrogen) atoms. The molecule has 2 heterocycles. The van der Waals surface area contributed by atoms with Crippen LogP contribution in [0.3, 0.4) is 0 Å². The molecular formula is C15H18N4O4S2. The second kappa shape index (κ2) is 7.56. The van der Waals surface area contributed by atoms with Gasteiger partial charge in [0.15, 0.2) is 0 Å². The fourth-order valence-electron chi connectivity index (χ4n) is 2.31. The second-order valence-electron chi connectivity index (χ2n) is 5.68. The third-order valence-corrected chi connectivity index (χ3v) is 6.33. The summed E-state index contributed by atoms with van der Waals surface area (Å²) in [5.41, 5.74) is 1.50. The minimum Gasteiger partial charge on any atom is -0.377 e. The summed E-state index contributed by atoms with van der Waals surface area (Å²) >= 11 is 0.803. The zero-order valence-electron chi connectivity index (χ0n) is 13.6. The number of carbonyl (C=O) groups excluding carboxylic acids is 1. The Kier molecular flexibility index (Phi) is 5.42. The SMILES string of the molecule is Cc1ccc(C(=O)Nc2nnc(S(=O)(=O)NC[C@H]3CCCO3)s2)cc1. The molecule has 0 spiro atoms. The van der Waals surface area contributed by atoms with Gasteiger partial charge in [-0.2, -0.15) is 0 Å². The smallest absolute Gasteiger partial charge is 0.269 e. The van der Waals surface area contributed by atoms with E-state index in [1.54, 1.807) is 12.1 Å². The van der Waals surface area contributed by atoms with Crippen LogP contribution in [-0.2, 0) is 14.8 Å². The molecule has 1 amide bonds. The summed E-state index contributed by atoms with van der Waals surface area (Å²) in [6.07, 6.45) is 1.65.